The highest BCUT2D eigenvalue weighted by atomic mass is 32.1. The van der Waals surface area contributed by atoms with Crippen molar-refractivity contribution in [2.75, 3.05) is 20.8 Å². The molecular weight excluding hydrogens is 339 g/mol. The highest BCUT2D eigenvalue weighted by molar-refractivity contribution is 7.07. The van der Waals surface area contributed by atoms with Crippen molar-refractivity contribution in [3.05, 3.63) is 64.5 Å². The molecule has 0 unspecified atom stereocenters. The number of hydrogen-bond donors (Lipinski definition) is 0. The minimum Gasteiger partial charge on any atom is -0.497 e. The second-order valence-corrected chi connectivity index (χ2v) is 6.20. The Morgan fingerprint density at radius 3 is 2.40 bits per heavy atom. The molecule has 0 amide bonds. The van der Waals surface area contributed by atoms with E-state index in [1.165, 1.54) is 12.1 Å². The zero-order valence-electron chi connectivity index (χ0n) is 14.1. The van der Waals surface area contributed by atoms with E-state index in [0.29, 0.717) is 13.2 Å². The Hall–Kier alpha value is -2.44. The molecule has 0 bridgehead atoms. The van der Waals surface area contributed by atoms with Gasteiger partial charge in [0.1, 0.15) is 11.6 Å². The summed E-state index contributed by atoms with van der Waals surface area (Å²) in [5.41, 5.74) is 2.79. The smallest absolute Gasteiger partial charge is 0.190 e. The first kappa shape index (κ1) is 17.4. The van der Waals surface area contributed by atoms with Crippen LogP contribution < -0.4 is 9.54 Å². The molecule has 0 spiro atoms. The summed E-state index contributed by atoms with van der Waals surface area (Å²) in [5.74, 6) is 0.551. The third-order valence-corrected chi connectivity index (χ3v) is 4.62. The molecule has 3 aromatic rings. The molecule has 0 saturated heterocycles. The van der Waals surface area contributed by atoms with Crippen LogP contribution in [0.3, 0.4) is 0 Å². The maximum Gasteiger partial charge on any atom is 0.190 e. The van der Waals surface area contributed by atoms with Crippen LogP contribution in [0.25, 0.3) is 11.3 Å². The van der Waals surface area contributed by atoms with E-state index in [1.807, 2.05) is 29.6 Å². The summed E-state index contributed by atoms with van der Waals surface area (Å²) in [6.07, 6.45) is 0. The van der Waals surface area contributed by atoms with Crippen LogP contribution in [0, 0.1) is 5.82 Å². The van der Waals surface area contributed by atoms with E-state index in [4.69, 9.17) is 14.5 Å². The molecule has 1 aromatic heterocycles. The van der Waals surface area contributed by atoms with Gasteiger partial charge in [0.25, 0.3) is 0 Å². The summed E-state index contributed by atoms with van der Waals surface area (Å²) < 4.78 is 25.7. The molecule has 6 heteroatoms. The SMILES string of the molecule is COCCn1c(-c2ccc(F)cc2)csc1=Nc1ccc(OC)cc1. The van der Waals surface area contributed by atoms with Gasteiger partial charge < -0.3 is 14.0 Å². The summed E-state index contributed by atoms with van der Waals surface area (Å²) >= 11 is 1.55. The molecule has 0 radical (unpaired) electrons. The van der Waals surface area contributed by atoms with Gasteiger partial charge in [0.2, 0.25) is 0 Å². The third-order valence-electron chi connectivity index (χ3n) is 3.75. The average Bonchev–Trinajstić information content (AvgIpc) is 3.03. The largest absolute Gasteiger partial charge is 0.497 e. The van der Waals surface area contributed by atoms with Gasteiger partial charge >= 0.3 is 0 Å². The van der Waals surface area contributed by atoms with Crippen LogP contribution >= 0.6 is 11.3 Å². The number of thiazole rings is 1. The molecular formula is C19H19FN2O2S. The van der Waals surface area contributed by atoms with Crippen molar-refractivity contribution in [3.8, 4) is 17.0 Å². The first-order valence-corrected chi connectivity index (χ1v) is 8.71. The van der Waals surface area contributed by atoms with E-state index in [9.17, 15) is 4.39 Å². The van der Waals surface area contributed by atoms with E-state index in [1.54, 1.807) is 37.7 Å². The molecule has 0 atom stereocenters. The summed E-state index contributed by atoms with van der Waals surface area (Å²) in [6.45, 7) is 1.24. The number of methoxy groups -OCH3 is 2. The number of halogens is 1. The summed E-state index contributed by atoms with van der Waals surface area (Å²) in [4.78, 5) is 5.59. The van der Waals surface area contributed by atoms with Gasteiger partial charge in [0, 0.05) is 19.0 Å². The number of nitrogens with zero attached hydrogens (tertiary/aromatic N) is 2. The van der Waals surface area contributed by atoms with Crippen LogP contribution in [-0.4, -0.2) is 25.4 Å². The Morgan fingerprint density at radius 2 is 1.76 bits per heavy atom. The maximum absolute atomic E-state index is 13.2. The summed E-state index contributed by atoms with van der Waals surface area (Å²) in [6, 6.07) is 14.1. The number of aromatic nitrogens is 1. The van der Waals surface area contributed by atoms with Crippen molar-refractivity contribution in [2.45, 2.75) is 6.54 Å². The molecule has 25 heavy (non-hydrogen) atoms. The minimum absolute atomic E-state index is 0.245. The topological polar surface area (TPSA) is 35.8 Å². The fourth-order valence-electron chi connectivity index (χ4n) is 2.44. The standard InChI is InChI=1S/C19H19FN2O2S/c1-23-12-11-22-18(14-3-5-15(20)6-4-14)13-25-19(22)21-16-7-9-17(24-2)10-8-16/h3-10,13H,11-12H2,1-2H3. The van der Waals surface area contributed by atoms with Crippen LogP contribution in [0.2, 0.25) is 0 Å². The second-order valence-electron chi connectivity index (χ2n) is 5.36. The molecule has 2 aromatic carbocycles. The van der Waals surface area contributed by atoms with Gasteiger partial charge in [0.05, 0.1) is 25.1 Å². The Labute approximate surface area is 149 Å². The van der Waals surface area contributed by atoms with E-state index >= 15 is 0 Å². The van der Waals surface area contributed by atoms with Gasteiger partial charge in [-0.1, -0.05) is 0 Å². The predicted octanol–water partition coefficient (Wildman–Crippen LogP) is 4.24. The lowest BCUT2D eigenvalue weighted by Crippen LogP contribution is -2.18. The number of hydrogen-bond acceptors (Lipinski definition) is 4. The average molecular weight is 358 g/mol. The lowest BCUT2D eigenvalue weighted by Gasteiger charge is -2.08. The van der Waals surface area contributed by atoms with Gasteiger partial charge in [-0.15, -0.1) is 11.3 Å². The summed E-state index contributed by atoms with van der Waals surface area (Å²) in [7, 11) is 3.31. The zero-order chi connectivity index (χ0) is 17.6. The van der Waals surface area contributed by atoms with E-state index in [0.717, 1.165) is 27.5 Å². The van der Waals surface area contributed by atoms with E-state index in [-0.39, 0.29) is 5.82 Å². The number of benzene rings is 2. The molecule has 0 aliphatic carbocycles. The number of ether oxygens (including phenoxy) is 2. The second kappa shape index (κ2) is 8.09. The monoisotopic (exact) mass is 358 g/mol. The zero-order valence-corrected chi connectivity index (χ0v) is 14.9. The molecule has 3 rings (SSSR count). The van der Waals surface area contributed by atoms with Crippen molar-refractivity contribution in [1.29, 1.82) is 0 Å². The molecule has 0 N–H and O–H groups in total. The first-order chi connectivity index (χ1) is 12.2. The molecule has 0 aliphatic rings. The number of rotatable bonds is 6. The van der Waals surface area contributed by atoms with Crippen molar-refractivity contribution < 1.29 is 13.9 Å². The van der Waals surface area contributed by atoms with Crippen molar-refractivity contribution >= 4 is 17.0 Å². The van der Waals surface area contributed by atoms with Crippen molar-refractivity contribution in [3.63, 3.8) is 0 Å². The lowest BCUT2D eigenvalue weighted by molar-refractivity contribution is 0.187. The highest BCUT2D eigenvalue weighted by Crippen LogP contribution is 2.22. The molecule has 130 valence electrons. The van der Waals surface area contributed by atoms with Gasteiger partial charge in [-0.05, 0) is 54.1 Å². The van der Waals surface area contributed by atoms with E-state index < -0.39 is 0 Å². The van der Waals surface area contributed by atoms with Gasteiger partial charge in [0.15, 0.2) is 4.80 Å². The first-order valence-electron chi connectivity index (χ1n) is 7.83. The molecule has 4 nitrogen and oxygen atoms in total. The Morgan fingerprint density at radius 1 is 1.04 bits per heavy atom. The van der Waals surface area contributed by atoms with Crippen LogP contribution in [0.4, 0.5) is 10.1 Å². The molecule has 1 heterocycles. The predicted molar refractivity (Wildman–Crippen MR) is 97.8 cm³/mol. The van der Waals surface area contributed by atoms with Gasteiger partial charge in [-0.2, -0.15) is 0 Å². The third kappa shape index (κ3) is 4.15. The van der Waals surface area contributed by atoms with Crippen LogP contribution in [0.15, 0.2) is 58.9 Å². The Kier molecular flexibility index (Phi) is 5.63. The highest BCUT2D eigenvalue weighted by Gasteiger charge is 2.08. The minimum atomic E-state index is -0.245. The van der Waals surface area contributed by atoms with Crippen LogP contribution in [-0.2, 0) is 11.3 Å². The Balaban J connectivity index is 2.03. The normalized spacial score (nSPS) is 11.7. The molecule has 0 fully saturated rings. The van der Waals surface area contributed by atoms with Gasteiger partial charge in [-0.25, -0.2) is 9.38 Å². The fourth-order valence-corrected chi connectivity index (χ4v) is 3.39. The van der Waals surface area contributed by atoms with Crippen LogP contribution in [0.1, 0.15) is 0 Å². The fraction of sp³-hybridized carbons (Fsp3) is 0.211. The van der Waals surface area contributed by atoms with E-state index in [2.05, 4.69) is 4.57 Å². The maximum atomic E-state index is 13.2. The molecule has 0 saturated carbocycles. The van der Waals surface area contributed by atoms with Gasteiger partial charge in [-0.3, -0.25) is 0 Å². The molecule has 0 aliphatic heterocycles. The van der Waals surface area contributed by atoms with Crippen LogP contribution in [0.5, 0.6) is 5.75 Å². The Bertz CT molecular complexity index is 883. The van der Waals surface area contributed by atoms with Crippen molar-refractivity contribution in [1.82, 2.24) is 4.57 Å². The lowest BCUT2D eigenvalue weighted by atomic mass is 10.2. The quantitative estimate of drug-likeness (QED) is 0.661. The summed E-state index contributed by atoms with van der Waals surface area (Å²) in [5, 5.41) is 2.03. The van der Waals surface area contributed by atoms with Crippen molar-refractivity contribution in [2.24, 2.45) is 4.99 Å².